The van der Waals surface area contributed by atoms with E-state index in [-0.39, 0.29) is 5.91 Å². The molecule has 2 rings (SSSR count). The fraction of sp³-hybridized carbons (Fsp3) is 0.667. The summed E-state index contributed by atoms with van der Waals surface area (Å²) in [6.45, 7) is 6.39. The Morgan fingerprint density at radius 1 is 1.55 bits per heavy atom. The minimum absolute atomic E-state index is 0.205. The van der Waals surface area contributed by atoms with Crippen LogP contribution in [0, 0.1) is 0 Å². The molecular weight excluding hydrogens is 270 g/mol. The fourth-order valence-corrected chi connectivity index (χ4v) is 3.25. The van der Waals surface area contributed by atoms with Crippen LogP contribution in [0.15, 0.2) is 16.8 Å². The minimum Gasteiger partial charge on any atom is -0.340 e. The molecule has 0 spiro atoms. The first kappa shape index (κ1) is 15.5. The van der Waals surface area contributed by atoms with E-state index in [4.69, 9.17) is 0 Å². The highest BCUT2D eigenvalue weighted by atomic mass is 32.1. The molecule has 1 aromatic heterocycles. The molecule has 1 saturated heterocycles. The van der Waals surface area contributed by atoms with Crippen molar-refractivity contribution in [2.75, 3.05) is 33.2 Å². The van der Waals surface area contributed by atoms with Crippen molar-refractivity contribution in [1.29, 1.82) is 0 Å². The Morgan fingerprint density at radius 3 is 3.00 bits per heavy atom. The lowest BCUT2D eigenvalue weighted by molar-refractivity contribution is -0.131. The molecule has 1 aliphatic heterocycles. The van der Waals surface area contributed by atoms with Gasteiger partial charge in [0.1, 0.15) is 0 Å². The molecule has 1 unspecified atom stereocenters. The quantitative estimate of drug-likeness (QED) is 0.833. The third kappa shape index (κ3) is 4.58. The van der Waals surface area contributed by atoms with Gasteiger partial charge in [-0.2, -0.15) is 11.3 Å². The Balaban J connectivity index is 1.78. The average molecular weight is 295 g/mol. The summed E-state index contributed by atoms with van der Waals surface area (Å²) in [4.78, 5) is 16.4. The summed E-state index contributed by atoms with van der Waals surface area (Å²) < 4.78 is 0. The van der Waals surface area contributed by atoms with Crippen LogP contribution in [0.4, 0.5) is 0 Å². The summed E-state index contributed by atoms with van der Waals surface area (Å²) in [7, 11) is 1.89. The van der Waals surface area contributed by atoms with Crippen LogP contribution < -0.4 is 5.32 Å². The van der Waals surface area contributed by atoms with E-state index in [0.717, 1.165) is 19.6 Å². The topological polar surface area (TPSA) is 35.6 Å². The van der Waals surface area contributed by atoms with E-state index >= 15 is 0 Å². The van der Waals surface area contributed by atoms with E-state index in [1.54, 1.807) is 11.3 Å². The van der Waals surface area contributed by atoms with Crippen LogP contribution in [-0.4, -0.2) is 55.0 Å². The molecule has 5 heteroatoms. The van der Waals surface area contributed by atoms with Gasteiger partial charge >= 0.3 is 0 Å². The van der Waals surface area contributed by atoms with Crippen molar-refractivity contribution < 1.29 is 4.79 Å². The molecule has 1 N–H and O–H groups in total. The third-order valence-electron chi connectivity index (χ3n) is 3.87. The van der Waals surface area contributed by atoms with Gasteiger partial charge in [-0.25, -0.2) is 0 Å². The van der Waals surface area contributed by atoms with Crippen molar-refractivity contribution >= 4 is 17.2 Å². The highest BCUT2D eigenvalue weighted by Gasteiger charge is 2.20. The molecule has 0 bridgehead atoms. The Labute approximate surface area is 125 Å². The van der Waals surface area contributed by atoms with E-state index in [1.807, 2.05) is 11.9 Å². The van der Waals surface area contributed by atoms with E-state index in [1.165, 1.54) is 18.4 Å². The number of nitrogens with one attached hydrogen (secondary N) is 1. The van der Waals surface area contributed by atoms with Gasteiger partial charge in [-0.1, -0.05) is 6.92 Å². The third-order valence-corrected chi connectivity index (χ3v) is 4.60. The van der Waals surface area contributed by atoms with Gasteiger partial charge in [0.05, 0.1) is 6.54 Å². The van der Waals surface area contributed by atoms with E-state index in [2.05, 4.69) is 34.0 Å². The summed E-state index contributed by atoms with van der Waals surface area (Å²) in [5.74, 6) is 0.205. The Hall–Kier alpha value is -0.910. The van der Waals surface area contributed by atoms with Crippen LogP contribution in [0.3, 0.4) is 0 Å². The largest absolute Gasteiger partial charge is 0.340 e. The van der Waals surface area contributed by atoms with E-state index < -0.39 is 0 Å². The monoisotopic (exact) mass is 295 g/mol. The maximum Gasteiger partial charge on any atom is 0.236 e. The molecule has 20 heavy (non-hydrogen) atoms. The zero-order chi connectivity index (χ0) is 14.4. The van der Waals surface area contributed by atoms with Crippen molar-refractivity contribution in [3.05, 3.63) is 22.4 Å². The van der Waals surface area contributed by atoms with Crippen LogP contribution in [0.1, 0.15) is 25.3 Å². The van der Waals surface area contributed by atoms with Crippen molar-refractivity contribution in [1.82, 2.24) is 15.1 Å². The molecule has 4 nitrogen and oxygen atoms in total. The Kier molecular flexibility index (Phi) is 6.01. The van der Waals surface area contributed by atoms with Crippen LogP contribution in [0.25, 0.3) is 0 Å². The maximum absolute atomic E-state index is 12.3. The lowest BCUT2D eigenvalue weighted by Crippen LogP contribution is -2.43. The second kappa shape index (κ2) is 7.76. The second-order valence-electron chi connectivity index (χ2n) is 5.50. The number of amides is 1. The average Bonchev–Trinajstić information content (AvgIpc) is 3.11. The van der Waals surface area contributed by atoms with Gasteiger partial charge in [0.25, 0.3) is 0 Å². The van der Waals surface area contributed by atoms with Gasteiger partial charge in [0.2, 0.25) is 5.91 Å². The highest BCUT2D eigenvalue weighted by molar-refractivity contribution is 7.07. The first-order valence-electron chi connectivity index (χ1n) is 7.39. The van der Waals surface area contributed by atoms with Crippen molar-refractivity contribution in [2.45, 2.75) is 32.4 Å². The molecule has 1 amide bonds. The molecule has 0 saturated carbocycles. The minimum atomic E-state index is 0.205. The lowest BCUT2D eigenvalue weighted by atomic mass is 10.2. The Morgan fingerprint density at radius 2 is 2.40 bits per heavy atom. The second-order valence-corrected chi connectivity index (χ2v) is 6.28. The van der Waals surface area contributed by atoms with Gasteiger partial charge in [0.15, 0.2) is 0 Å². The van der Waals surface area contributed by atoms with Gasteiger partial charge in [-0.3, -0.25) is 9.69 Å². The van der Waals surface area contributed by atoms with Crippen molar-refractivity contribution in [3.63, 3.8) is 0 Å². The first-order valence-corrected chi connectivity index (χ1v) is 8.34. The van der Waals surface area contributed by atoms with Gasteiger partial charge in [-0.05, 0) is 48.3 Å². The van der Waals surface area contributed by atoms with E-state index in [0.29, 0.717) is 19.1 Å². The van der Waals surface area contributed by atoms with Crippen LogP contribution in [0.2, 0.25) is 0 Å². The number of hydrogen-bond acceptors (Lipinski definition) is 4. The Bertz CT molecular complexity index is 401. The molecule has 0 radical (unpaired) electrons. The van der Waals surface area contributed by atoms with Crippen molar-refractivity contribution in [2.24, 2.45) is 0 Å². The van der Waals surface area contributed by atoms with Gasteiger partial charge in [0, 0.05) is 26.2 Å². The molecular formula is C15H25N3OS. The molecule has 0 aliphatic carbocycles. The zero-order valence-corrected chi connectivity index (χ0v) is 13.3. The SMILES string of the molecule is CCN(CC(=O)N(C)Cc1ccsc1)CC1CCCN1. The highest BCUT2D eigenvalue weighted by Crippen LogP contribution is 2.10. The number of nitrogens with zero attached hydrogens (tertiary/aromatic N) is 2. The molecule has 2 heterocycles. The number of hydrogen-bond donors (Lipinski definition) is 1. The molecule has 1 atom stereocenters. The molecule has 0 aromatic carbocycles. The van der Waals surface area contributed by atoms with Gasteiger partial charge < -0.3 is 10.2 Å². The summed E-state index contributed by atoms with van der Waals surface area (Å²) in [5.41, 5.74) is 1.21. The summed E-state index contributed by atoms with van der Waals surface area (Å²) >= 11 is 1.68. The molecule has 1 fully saturated rings. The van der Waals surface area contributed by atoms with Crippen LogP contribution in [-0.2, 0) is 11.3 Å². The fourth-order valence-electron chi connectivity index (χ4n) is 2.59. The summed E-state index contributed by atoms with van der Waals surface area (Å²) in [6, 6.07) is 2.64. The predicted octanol–water partition coefficient (Wildman–Crippen LogP) is 1.78. The normalized spacial score (nSPS) is 18.6. The summed E-state index contributed by atoms with van der Waals surface area (Å²) in [6.07, 6.45) is 2.49. The van der Waals surface area contributed by atoms with Crippen LogP contribution in [0.5, 0.6) is 0 Å². The van der Waals surface area contributed by atoms with Gasteiger partial charge in [-0.15, -0.1) is 0 Å². The number of carbonyl (C=O) groups is 1. The standard InChI is InChI=1S/C15H25N3OS/c1-3-18(10-14-5-4-7-16-14)11-15(19)17(2)9-13-6-8-20-12-13/h6,8,12,14,16H,3-5,7,9-11H2,1-2H3. The maximum atomic E-state index is 12.3. The summed E-state index contributed by atoms with van der Waals surface area (Å²) in [5, 5.41) is 7.65. The zero-order valence-electron chi connectivity index (χ0n) is 12.5. The molecule has 1 aliphatic rings. The van der Waals surface area contributed by atoms with E-state index in [9.17, 15) is 4.79 Å². The number of likely N-dealkylation sites (N-methyl/N-ethyl adjacent to an activating group) is 2. The lowest BCUT2D eigenvalue weighted by Gasteiger charge is -2.26. The smallest absolute Gasteiger partial charge is 0.236 e. The number of thiophene rings is 1. The molecule has 112 valence electrons. The van der Waals surface area contributed by atoms with Crippen LogP contribution >= 0.6 is 11.3 Å². The molecule has 1 aromatic rings. The predicted molar refractivity (Wildman–Crippen MR) is 83.9 cm³/mol. The van der Waals surface area contributed by atoms with Crippen molar-refractivity contribution in [3.8, 4) is 0 Å². The number of carbonyl (C=O) groups excluding carboxylic acids is 1. The first-order chi connectivity index (χ1) is 9.69. The number of rotatable bonds is 7.